The van der Waals surface area contributed by atoms with Gasteiger partial charge in [0.25, 0.3) is 5.91 Å². The van der Waals surface area contributed by atoms with Gasteiger partial charge in [0.2, 0.25) is 0 Å². The third-order valence-corrected chi connectivity index (χ3v) is 2.21. The molecular weight excluding hydrogens is 182 g/mol. The van der Waals surface area contributed by atoms with Crippen LogP contribution in [0.25, 0.3) is 0 Å². The van der Waals surface area contributed by atoms with E-state index in [-0.39, 0.29) is 11.9 Å². The molecule has 4 heteroatoms. The highest BCUT2D eigenvalue weighted by Crippen LogP contribution is 2.09. The molecule has 14 heavy (non-hydrogen) atoms. The molecule has 1 aliphatic heterocycles. The van der Waals surface area contributed by atoms with Crippen LogP contribution >= 0.6 is 0 Å². The molecule has 0 unspecified atom stereocenters. The molecule has 1 fully saturated rings. The summed E-state index contributed by atoms with van der Waals surface area (Å²) in [5, 5.41) is 2.81. The van der Waals surface area contributed by atoms with Crippen molar-refractivity contribution in [1.82, 2.24) is 5.32 Å². The monoisotopic (exact) mass is 195 g/mol. The quantitative estimate of drug-likeness (QED) is 0.781. The minimum absolute atomic E-state index is 0.151. The van der Waals surface area contributed by atoms with Gasteiger partial charge in [-0.05, 0) is 12.1 Å². The summed E-state index contributed by atoms with van der Waals surface area (Å²) in [6.07, 6.45) is 0.805. The van der Waals surface area contributed by atoms with E-state index in [1.807, 2.05) is 13.0 Å². The fourth-order valence-corrected chi connectivity index (χ4v) is 1.27. The van der Waals surface area contributed by atoms with Crippen LogP contribution in [-0.2, 0) is 11.2 Å². The van der Waals surface area contributed by atoms with Crippen LogP contribution in [0.4, 0.5) is 0 Å². The zero-order valence-corrected chi connectivity index (χ0v) is 8.08. The van der Waals surface area contributed by atoms with Crippen molar-refractivity contribution >= 4 is 5.91 Å². The number of ether oxygens (including phenoxy) is 1. The molecule has 0 aliphatic carbocycles. The van der Waals surface area contributed by atoms with Gasteiger partial charge in [0.05, 0.1) is 19.3 Å². The van der Waals surface area contributed by atoms with Gasteiger partial charge in [-0.2, -0.15) is 0 Å². The van der Waals surface area contributed by atoms with E-state index < -0.39 is 0 Å². The fourth-order valence-electron chi connectivity index (χ4n) is 1.27. The van der Waals surface area contributed by atoms with E-state index in [4.69, 9.17) is 9.15 Å². The van der Waals surface area contributed by atoms with Crippen molar-refractivity contribution in [3.05, 3.63) is 23.7 Å². The molecule has 2 heterocycles. The van der Waals surface area contributed by atoms with Crippen molar-refractivity contribution in [2.75, 3.05) is 13.2 Å². The first kappa shape index (κ1) is 9.27. The van der Waals surface area contributed by atoms with Gasteiger partial charge < -0.3 is 14.5 Å². The van der Waals surface area contributed by atoms with Crippen LogP contribution in [0.2, 0.25) is 0 Å². The van der Waals surface area contributed by atoms with Crippen LogP contribution in [0, 0.1) is 0 Å². The van der Waals surface area contributed by atoms with E-state index in [0.29, 0.717) is 19.0 Å². The van der Waals surface area contributed by atoms with Gasteiger partial charge in [-0.3, -0.25) is 4.79 Å². The molecule has 1 aliphatic rings. The normalized spacial score (nSPS) is 16.4. The number of hydrogen-bond donors (Lipinski definition) is 1. The minimum Gasteiger partial charge on any atom is -0.456 e. The Bertz CT molecular complexity index is 328. The van der Waals surface area contributed by atoms with Crippen LogP contribution in [0.3, 0.4) is 0 Å². The van der Waals surface area contributed by atoms with Crippen molar-refractivity contribution in [3.63, 3.8) is 0 Å². The first-order valence-corrected chi connectivity index (χ1v) is 4.77. The van der Waals surface area contributed by atoms with Crippen LogP contribution in [0.15, 0.2) is 16.5 Å². The van der Waals surface area contributed by atoms with Gasteiger partial charge in [0.1, 0.15) is 5.76 Å². The molecule has 1 aromatic rings. The summed E-state index contributed by atoms with van der Waals surface area (Å²) < 4.78 is 10.3. The Labute approximate surface area is 82.2 Å². The Hall–Kier alpha value is -1.29. The highest BCUT2D eigenvalue weighted by Gasteiger charge is 2.22. The van der Waals surface area contributed by atoms with Gasteiger partial charge in [-0.25, -0.2) is 0 Å². The first-order chi connectivity index (χ1) is 6.79. The second-order valence-electron chi connectivity index (χ2n) is 3.33. The summed E-state index contributed by atoms with van der Waals surface area (Å²) in [5.41, 5.74) is 0. The van der Waals surface area contributed by atoms with E-state index in [9.17, 15) is 4.79 Å². The standard InChI is InChI=1S/C10H13NO3/c1-2-8-3-4-9(14-8)10(12)11-7-5-13-6-7/h3-4,7H,2,5-6H2,1H3,(H,11,12). The predicted molar refractivity (Wildman–Crippen MR) is 50.2 cm³/mol. The molecule has 1 saturated heterocycles. The largest absolute Gasteiger partial charge is 0.456 e. The second kappa shape index (κ2) is 3.84. The third kappa shape index (κ3) is 1.80. The van der Waals surface area contributed by atoms with Crippen molar-refractivity contribution in [2.45, 2.75) is 19.4 Å². The minimum atomic E-state index is -0.155. The Morgan fingerprint density at radius 1 is 1.57 bits per heavy atom. The Morgan fingerprint density at radius 3 is 2.86 bits per heavy atom. The van der Waals surface area contributed by atoms with E-state index >= 15 is 0 Å². The lowest BCUT2D eigenvalue weighted by molar-refractivity contribution is -0.00391. The number of hydrogen-bond acceptors (Lipinski definition) is 3. The van der Waals surface area contributed by atoms with Crippen molar-refractivity contribution in [3.8, 4) is 0 Å². The lowest BCUT2D eigenvalue weighted by atomic mass is 10.2. The lowest BCUT2D eigenvalue weighted by Gasteiger charge is -2.26. The summed E-state index contributed by atoms with van der Waals surface area (Å²) in [7, 11) is 0. The topological polar surface area (TPSA) is 51.5 Å². The maximum absolute atomic E-state index is 11.5. The van der Waals surface area contributed by atoms with Gasteiger partial charge in [-0.15, -0.1) is 0 Å². The van der Waals surface area contributed by atoms with E-state index in [1.165, 1.54) is 0 Å². The van der Waals surface area contributed by atoms with Gasteiger partial charge >= 0.3 is 0 Å². The maximum atomic E-state index is 11.5. The predicted octanol–water partition coefficient (Wildman–Crippen LogP) is 0.971. The smallest absolute Gasteiger partial charge is 0.287 e. The first-order valence-electron chi connectivity index (χ1n) is 4.77. The Balaban J connectivity index is 1.95. The number of rotatable bonds is 3. The van der Waals surface area contributed by atoms with E-state index in [2.05, 4.69) is 5.32 Å². The average molecular weight is 195 g/mol. The van der Waals surface area contributed by atoms with Crippen molar-refractivity contribution < 1.29 is 13.9 Å². The molecule has 1 aromatic heterocycles. The fraction of sp³-hybridized carbons (Fsp3) is 0.500. The average Bonchev–Trinajstić information content (AvgIpc) is 2.59. The van der Waals surface area contributed by atoms with Gasteiger partial charge in [0, 0.05) is 6.42 Å². The molecule has 0 radical (unpaired) electrons. The van der Waals surface area contributed by atoms with E-state index in [0.717, 1.165) is 12.2 Å². The summed E-state index contributed by atoms with van der Waals surface area (Å²) in [6, 6.07) is 3.68. The number of carbonyl (C=O) groups excluding carboxylic acids is 1. The van der Waals surface area contributed by atoms with Gasteiger partial charge in [0.15, 0.2) is 5.76 Å². The zero-order valence-electron chi connectivity index (χ0n) is 8.08. The van der Waals surface area contributed by atoms with Crippen LogP contribution in [0.5, 0.6) is 0 Å². The number of aryl methyl sites for hydroxylation is 1. The van der Waals surface area contributed by atoms with Crippen LogP contribution in [-0.4, -0.2) is 25.2 Å². The number of furan rings is 1. The summed E-state index contributed by atoms with van der Waals surface area (Å²) in [5.74, 6) is 1.06. The third-order valence-electron chi connectivity index (χ3n) is 2.21. The Morgan fingerprint density at radius 2 is 2.36 bits per heavy atom. The number of carbonyl (C=O) groups is 1. The second-order valence-corrected chi connectivity index (χ2v) is 3.33. The molecule has 0 spiro atoms. The lowest BCUT2D eigenvalue weighted by Crippen LogP contribution is -2.48. The summed E-state index contributed by atoms with van der Waals surface area (Å²) in [6.45, 7) is 3.19. The highest BCUT2D eigenvalue weighted by molar-refractivity contribution is 5.91. The van der Waals surface area contributed by atoms with E-state index in [1.54, 1.807) is 6.07 Å². The molecule has 1 amide bonds. The molecule has 76 valence electrons. The molecule has 1 N–H and O–H groups in total. The van der Waals surface area contributed by atoms with Crippen molar-refractivity contribution in [2.24, 2.45) is 0 Å². The maximum Gasteiger partial charge on any atom is 0.287 e. The molecular formula is C10H13NO3. The molecule has 2 rings (SSSR count). The van der Waals surface area contributed by atoms with Crippen LogP contribution < -0.4 is 5.32 Å². The highest BCUT2D eigenvalue weighted by atomic mass is 16.5. The molecule has 4 nitrogen and oxygen atoms in total. The Kier molecular flexibility index (Phi) is 2.54. The SMILES string of the molecule is CCc1ccc(C(=O)NC2COC2)o1. The zero-order chi connectivity index (χ0) is 9.97. The number of nitrogens with one attached hydrogen (secondary N) is 1. The molecule has 0 aromatic carbocycles. The molecule has 0 bridgehead atoms. The molecule has 0 atom stereocenters. The number of amides is 1. The summed E-state index contributed by atoms with van der Waals surface area (Å²) in [4.78, 5) is 11.5. The van der Waals surface area contributed by atoms with Crippen molar-refractivity contribution in [1.29, 1.82) is 0 Å². The van der Waals surface area contributed by atoms with Gasteiger partial charge in [-0.1, -0.05) is 6.92 Å². The summed E-state index contributed by atoms with van der Waals surface area (Å²) >= 11 is 0. The van der Waals surface area contributed by atoms with Crippen LogP contribution in [0.1, 0.15) is 23.2 Å². The molecule has 0 saturated carbocycles.